The van der Waals surface area contributed by atoms with Crippen LogP contribution in [0.5, 0.6) is 0 Å². The summed E-state index contributed by atoms with van der Waals surface area (Å²) in [4.78, 5) is 19.6. The third-order valence-corrected chi connectivity index (χ3v) is 6.53. The predicted molar refractivity (Wildman–Crippen MR) is 105 cm³/mol. The third-order valence-electron chi connectivity index (χ3n) is 5.63. The molecule has 2 aliphatic rings. The minimum Gasteiger partial charge on any atom is -0.462 e. The molecule has 1 atom stereocenters. The molecule has 0 spiro atoms. The van der Waals surface area contributed by atoms with E-state index in [1.54, 1.807) is 6.26 Å². The molecule has 8 heteroatoms. The maximum atomic E-state index is 13.1. The summed E-state index contributed by atoms with van der Waals surface area (Å²) in [6.45, 7) is 1.75. The van der Waals surface area contributed by atoms with E-state index in [-0.39, 0.29) is 11.9 Å². The highest BCUT2D eigenvalue weighted by Gasteiger charge is 2.34. The zero-order valence-electron chi connectivity index (χ0n) is 15.7. The van der Waals surface area contributed by atoms with Crippen molar-refractivity contribution in [2.75, 3.05) is 6.54 Å². The van der Waals surface area contributed by atoms with Crippen LogP contribution in [-0.4, -0.2) is 37.1 Å². The topological polar surface area (TPSA) is 77.1 Å². The monoisotopic (exact) mass is 397 g/mol. The van der Waals surface area contributed by atoms with E-state index in [1.165, 1.54) is 24.2 Å². The number of likely N-dealkylation sites (tertiary alicyclic amines) is 1. The van der Waals surface area contributed by atoms with Gasteiger partial charge in [-0.05, 0) is 37.8 Å². The van der Waals surface area contributed by atoms with Gasteiger partial charge in [0, 0.05) is 24.9 Å². The fourth-order valence-corrected chi connectivity index (χ4v) is 5.03. The summed E-state index contributed by atoms with van der Waals surface area (Å²) in [7, 11) is 0. The zero-order valence-corrected chi connectivity index (χ0v) is 16.5. The van der Waals surface area contributed by atoms with Gasteiger partial charge >= 0.3 is 0 Å². The fourth-order valence-electron chi connectivity index (χ4n) is 4.25. The number of hydrogen-bond donors (Lipinski definition) is 0. The predicted octanol–water partition coefficient (Wildman–Crippen LogP) is 3.63. The molecule has 0 aliphatic carbocycles. The molecule has 1 unspecified atom stereocenters. The molecule has 146 valence electrons. The lowest BCUT2D eigenvalue weighted by Crippen LogP contribution is -2.33. The second-order valence-electron chi connectivity index (χ2n) is 7.48. The van der Waals surface area contributed by atoms with Gasteiger partial charge in [0.2, 0.25) is 5.91 Å². The second-order valence-corrected chi connectivity index (χ2v) is 8.34. The normalized spacial score (nSPS) is 19.6. The Morgan fingerprint density at radius 3 is 3.07 bits per heavy atom. The van der Waals surface area contributed by atoms with Gasteiger partial charge in [0.15, 0.2) is 16.6 Å². The highest BCUT2D eigenvalue weighted by molar-refractivity contribution is 7.13. The first-order valence-corrected chi connectivity index (χ1v) is 10.9. The molecule has 3 aromatic rings. The highest BCUT2D eigenvalue weighted by atomic mass is 32.1. The molecule has 0 aromatic carbocycles. The fraction of sp³-hybridized carbons (Fsp3) is 0.500. The number of thiazole rings is 1. The summed E-state index contributed by atoms with van der Waals surface area (Å²) in [6.07, 6.45) is 8.47. The molecule has 1 saturated heterocycles. The van der Waals surface area contributed by atoms with Crippen LogP contribution in [-0.2, 0) is 24.2 Å². The molecule has 7 nitrogen and oxygen atoms in total. The second kappa shape index (κ2) is 7.50. The van der Waals surface area contributed by atoms with Crippen LogP contribution in [0.25, 0.3) is 10.8 Å². The first-order chi connectivity index (χ1) is 13.8. The Hall–Kier alpha value is -2.48. The van der Waals surface area contributed by atoms with Gasteiger partial charge < -0.3 is 13.9 Å². The Balaban J connectivity index is 1.33. The van der Waals surface area contributed by atoms with E-state index < -0.39 is 0 Å². The molecule has 3 aromatic heterocycles. The van der Waals surface area contributed by atoms with Gasteiger partial charge in [-0.25, -0.2) is 4.98 Å². The summed E-state index contributed by atoms with van der Waals surface area (Å²) in [5.41, 5.74) is 0.798. The van der Waals surface area contributed by atoms with Crippen LogP contribution in [0.4, 0.5) is 0 Å². The molecule has 5 heterocycles. The third kappa shape index (κ3) is 3.26. The lowest BCUT2D eigenvalue weighted by molar-refractivity contribution is -0.131. The average molecular weight is 398 g/mol. The largest absolute Gasteiger partial charge is 0.462 e. The lowest BCUT2D eigenvalue weighted by atomic mass is 10.2. The number of hydrogen-bond acceptors (Lipinski definition) is 6. The Labute approximate surface area is 167 Å². The number of aryl methyl sites for hydroxylation is 1. The number of carbonyl (C=O) groups is 1. The molecule has 0 saturated carbocycles. The molecule has 1 amide bonds. The number of carbonyl (C=O) groups excluding carboxylic acids is 1. The van der Waals surface area contributed by atoms with Crippen molar-refractivity contribution in [1.29, 1.82) is 0 Å². The van der Waals surface area contributed by atoms with E-state index in [0.717, 1.165) is 66.9 Å². The van der Waals surface area contributed by atoms with Crippen LogP contribution in [0.1, 0.15) is 55.5 Å². The van der Waals surface area contributed by atoms with Crippen LogP contribution in [0.2, 0.25) is 0 Å². The van der Waals surface area contributed by atoms with Crippen molar-refractivity contribution in [1.82, 2.24) is 24.6 Å². The van der Waals surface area contributed by atoms with E-state index in [4.69, 9.17) is 4.42 Å². The van der Waals surface area contributed by atoms with Gasteiger partial charge in [-0.3, -0.25) is 4.79 Å². The smallest absolute Gasteiger partial charge is 0.229 e. The van der Waals surface area contributed by atoms with Gasteiger partial charge in [0.1, 0.15) is 5.82 Å². The quantitative estimate of drug-likeness (QED) is 0.672. The summed E-state index contributed by atoms with van der Waals surface area (Å²) < 4.78 is 7.67. The molecule has 0 N–H and O–H groups in total. The molecular formula is C20H23N5O2S. The summed E-state index contributed by atoms with van der Waals surface area (Å²) in [5, 5.41) is 11.7. The zero-order chi connectivity index (χ0) is 18.9. The summed E-state index contributed by atoms with van der Waals surface area (Å²) >= 11 is 1.51. The molecule has 0 bridgehead atoms. The molecule has 28 heavy (non-hydrogen) atoms. The van der Waals surface area contributed by atoms with Gasteiger partial charge in [-0.15, -0.1) is 21.5 Å². The Kier molecular flexibility index (Phi) is 4.72. The van der Waals surface area contributed by atoms with E-state index >= 15 is 0 Å². The number of nitrogens with zero attached hydrogens (tertiary/aromatic N) is 5. The van der Waals surface area contributed by atoms with Crippen molar-refractivity contribution in [3.05, 3.63) is 41.1 Å². The standard InChI is InChI=1S/C20H23N5O2S/c26-18(12-14-13-28-20(21-14)16-7-5-11-27-16)24-10-4-6-15(24)19-23-22-17-8-2-1-3-9-25(17)19/h5,7,11,13,15H,1-4,6,8-10,12H2. The minimum absolute atomic E-state index is 0.0371. The highest BCUT2D eigenvalue weighted by Crippen LogP contribution is 2.33. The number of fused-ring (bicyclic) bond motifs is 1. The first kappa shape index (κ1) is 17.6. The maximum absolute atomic E-state index is 13.1. The van der Waals surface area contributed by atoms with Crippen molar-refractivity contribution < 1.29 is 9.21 Å². The van der Waals surface area contributed by atoms with Crippen LogP contribution >= 0.6 is 11.3 Å². The van der Waals surface area contributed by atoms with Crippen molar-refractivity contribution in [3.63, 3.8) is 0 Å². The molecule has 1 fully saturated rings. The Morgan fingerprint density at radius 2 is 2.18 bits per heavy atom. The van der Waals surface area contributed by atoms with Gasteiger partial charge in [-0.2, -0.15) is 0 Å². The lowest BCUT2D eigenvalue weighted by Gasteiger charge is -2.24. The van der Waals surface area contributed by atoms with Gasteiger partial charge in [0.25, 0.3) is 0 Å². The number of amides is 1. The van der Waals surface area contributed by atoms with Crippen molar-refractivity contribution in [2.24, 2.45) is 0 Å². The van der Waals surface area contributed by atoms with Crippen LogP contribution < -0.4 is 0 Å². The minimum atomic E-state index is 0.0371. The van der Waals surface area contributed by atoms with Crippen molar-refractivity contribution in [2.45, 2.75) is 57.5 Å². The molecular weight excluding hydrogens is 374 g/mol. The van der Waals surface area contributed by atoms with Crippen LogP contribution in [0.3, 0.4) is 0 Å². The Morgan fingerprint density at radius 1 is 1.21 bits per heavy atom. The SMILES string of the molecule is O=C(Cc1csc(-c2ccco2)n1)N1CCCC1c1nnc2n1CCCCC2. The molecule has 5 rings (SSSR count). The number of rotatable bonds is 4. The molecule has 0 radical (unpaired) electrons. The Bertz CT molecular complexity index is 961. The number of furan rings is 1. The van der Waals surface area contributed by atoms with Gasteiger partial charge in [-0.1, -0.05) is 6.42 Å². The van der Waals surface area contributed by atoms with Crippen LogP contribution in [0.15, 0.2) is 28.2 Å². The van der Waals surface area contributed by atoms with Crippen LogP contribution in [0, 0.1) is 0 Å². The number of aromatic nitrogens is 4. The molecule has 2 aliphatic heterocycles. The van der Waals surface area contributed by atoms with Crippen molar-refractivity contribution in [3.8, 4) is 10.8 Å². The summed E-state index contributed by atoms with van der Waals surface area (Å²) in [5.74, 6) is 2.91. The van der Waals surface area contributed by atoms with Crippen molar-refractivity contribution >= 4 is 17.2 Å². The van der Waals surface area contributed by atoms with E-state index in [1.807, 2.05) is 22.4 Å². The van der Waals surface area contributed by atoms with E-state index in [9.17, 15) is 4.79 Å². The van der Waals surface area contributed by atoms with E-state index in [0.29, 0.717) is 6.42 Å². The summed E-state index contributed by atoms with van der Waals surface area (Å²) in [6, 6.07) is 3.77. The maximum Gasteiger partial charge on any atom is 0.229 e. The van der Waals surface area contributed by atoms with E-state index in [2.05, 4.69) is 19.7 Å². The van der Waals surface area contributed by atoms with Gasteiger partial charge in [0.05, 0.1) is 24.4 Å². The first-order valence-electron chi connectivity index (χ1n) is 9.99. The average Bonchev–Trinajstić information content (AvgIpc) is 3.47.